The molecule has 0 amide bonds. The number of halogens is 2. The Hall–Kier alpha value is -0.990. The number of benzene rings is 1. The molecule has 16 heavy (non-hydrogen) atoms. The quantitative estimate of drug-likeness (QED) is 0.599. The Morgan fingerprint density at radius 3 is 2.69 bits per heavy atom. The first kappa shape index (κ1) is 13.1. The van der Waals surface area contributed by atoms with E-state index in [2.05, 4.69) is 6.58 Å². The molecule has 0 aliphatic carbocycles. The normalized spacial score (nSPS) is 11.9. The van der Waals surface area contributed by atoms with Crippen molar-refractivity contribution in [2.45, 2.75) is 19.4 Å². The Bertz CT molecular complexity index is 402. The van der Waals surface area contributed by atoms with Crippen LogP contribution in [0.25, 0.3) is 0 Å². The summed E-state index contributed by atoms with van der Waals surface area (Å²) in [5.74, 6) is -0.335. The van der Waals surface area contributed by atoms with Crippen LogP contribution < -0.4 is 0 Å². The van der Waals surface area contributed by atoms with Crippen molar-refractivity contribution in [3.8, 4) is 0 Å². The maximum Gasteiger partial charge on any atom is 0.303 e. The second kappa shape index (κ2) is 5.92. The van der Waals surface area contributed by atoms with Gasteiger partial charge in [-0.2, -0.15) is 0 Å². The second-order valence-electron chi connectivity index (χ2n) is 3.30. The first-order chi connectivity index (χ1) is 7.54. The van der Waals surface area contributed by atoms with Gasteiger partial charge in [0.1, 0.15) is 6.10 Å². The third kappa shape index (κ3) is 3.54. The molecule has 0 radical (unpaired) electrons. The molecule has 0 aromatic heterocycles. The van der Waals surface area contributed by atoms with Crippen LogP contribution in [-0.4, -0.2) is 5.97 Å². The fourth-order valence-electron chi connectivity index (χ4n) is 1.32. The molecule has 1 atom stereocenters. The number of hydrogen-bond acceptors (Lipinski definition) is 2. The van der Waals surface area contributed by atoms with Crippen molar-refractivity contribution < 1.29 is 9.53 Å². The van der Waals surface area contributed by atoms with Gasteiger partial charge in [0.2, 0.25) is 0 Å². The summed E-state index contributed by atoms with van der Waals surface area (Å²) in [6.45, 7) is 4.99. The number of carbonyl (C=O) groups is 1. The van der Waals surface area contributed by atoms with Crippen LogP contribution >= 0.6 is 23.2 Å². The summed E-state index contributed by atoms with van der Waals surface area (Å²) < 4.78 is 5.16. The number of ether oxygens (including phenoxy) is 1. The monoisotopic (exact) mass is 258 g/mol. The number of rotatable bonds is 4. The molecule has 86 valence electrons. The molecule has 0 aliphatic rings. The summed E-state index contributed by atoms with van der Waals surface area (Å²) >= 11 is 11.7. The third-order valence-electron chi connectivity index (χ3n) is 2.00. The number of carbonyl (C=O) groups excluding carboxylic acids is 1. The minimum absolute atomic E-state index is 0.335. The zero-order valence-corrected chi connectivity index (χ0v) is 10.4. The van der Waals surface area contributed by atoms with Crippen molar-refractivity contribution in [2.24, 2.45) is 0 Å². The standard InChI is InChI=1S/C12H12Cl2O2/c1-3-4-12(16-8(2)15)9-5-6-10(13)11(14)7-9/h3,5-7,12H,1,4H2,2H3/t12-/m1/s1. The van der Waals surface area contributed by atoms with Gasteiger partial charge >= 0.3 is 5.97 Å². The fourth-order valence-corrected chi connectivity index (χ4v) is 1.62. The molecule has 0 saturated carbocycles. The molecule has 1 aromatic rings. The molecule has 0 fully saturated rings. The smallest absolute Gasteiger partial charge is 0.303 e. The predicted octanol–water partition coefficient (Wildman–Crippen LogP) is 4.17. The molecule has 0 unspecified atom stereocenters. The highest BCUT2D eigenvalue weighted by atomic mass is 35.5. The lowest BCUT2D eigenvalue weighted by atomic mass is 10.1. The van der Waals surface area contributed by atoms with Gasteiger partial charge in [0.05, 0.1) is 10.0 Å². The van der Waals surface area contributed by atoms with E-state index < -0.39 is 0 Å². The molecule has 0 aliphatic heterocycles. The molecule has 0 bridgehead atoms. The molecule has 0 saturated heterocycles. The SMILES string of the molecule is C=CC[C@@H](OC(C)=O)c1ccc(Cl)c(Cl)c1. The lowest BCUT2D eigenvalue weighted by Crippen LogP contribution is -2.07. The van der Waals surface area contributed by atoms with Gasteiger partial charge in [-0.3, -0.25) is 4.79 Å². The summed E-state index contributed by atoms with van der Waals surface area (Å²) in [7, 11) is 0. The van der Waals surface area contributed by atoms with Gasteiger partial charge in [0.15, 0.2) is 0 Å². The van der Waals surface area contributed by atoms with E-state index in [-0.39, 0.29) is 12.1 Å². The average Bonchev–Trinajstić information content (AvgIpc) is 2.21. The van der Waals surface area contributed by atoms with Gasteiger partial charge < -0.3 is 4.74 Å². The molecule has 1 aromatic carbocycles. The average molecular weight is 259 g/mol. The van der Waals surface area contributed by atoms with E-state index in [9.17, 15) is 4.79 Å². The van der Waals surface area contributed by atoms with Gasteiger partial charge in [0.25, 0.3) is 0 Å². The highest BCUT2D eigenvalue weighted by Gasteiger charge is 2.14. The Balaban J connectivity index is 2.95. The molecular formula is C12H12Cl2O2. The van der Waals surface area contributed by atoms with E-state index >= 15 is 0 Å². The first-order valence-electron chi connectivity index (χ1n) is 4.77. The van der Waals surface area contributed by atoms with E-state index in [0.29, 0.717) is 16.5 Å². The van der Waals surface area contributed by atoms with Crippen LogP contribution in [0.2, 0.25) is 10.0 Å². The van der Waals surface area contributed by atoms with E-state index in [1.807, 2.05) is 0 Å². The predicted molar refractivity (Wildman–Crippen MR) is 65.8 cm³/mol. The topological polar surface area (TPSA) is 26.3 Å². The van der Waals surface area contributed by atoms with Crippen molar-refractivity contribution in [1.82, 2.24) is 0 Å². The van der Waals surface area contributed by atoms with Crippen molar-refractivity contribution >= 4 is 29.2 Å². The second-order valence-corrected chi connectivity index (χ2v) is 4.11. The molecule has 1 rings (SSSR count). The van der Waals surface area contributed by atoms with Gasteiger partial charge in [-0.05, 0) is 17.7 Å². The van der Waals surface area contributed by atoms with Gasteiger partial charge in [-0.1, -0.05) is 35.3 Å². The van der Waals surface area contributed by atoms with Crippen LogP contribution in [0.1, 0.15) is 25.0 Å². The van der Waals surface area contributed by atoms with E-state index in [0.717, 1.165) is 5.56 Å². The maximum atomic E-state index is 10.9. The van der Waals surface area contributed by atoms with Gasteiger partial charge in [-0.15, -0.1) is 6.58 Å². The van der Waals surface area contributed by atoms with Crippen molar-refractivity contribution in [1.29, 1.82) is 0 Å². The molecule has 4 heteroatoms. The van der Waals surface area contributed by atoms with Crippen molar-refractivity contribution in [3.05, 3.63) is 46.5 Å². The minimum atomic E-state index is -0.357. The summed E-state index contributed by atoms with van der Waals surface area (Å²) in [5, 5.41) is 0.922. The Labute approximate surface area is 105 Å². The summed E-state index contributed by atoms with van der Waals surface area (Å²) in [6.07, 6.45) is 1.87. The van der Waals surface area contributed by atoms with Crippen LogP contribution in [0.3, 0.4) is 0 Å². The number of hydrogen-bond donors (Lipinski definition) is 0. The molecule has 0 spiro atoms. The van der Waals surface area contributed by atoms with Crippen LogP contribution in [0.4, 0.5) is 0 Å². The minimum Gasteiger partial charge on any atom is -0.457 e. The van der Waals surface area contributed by atoms with Crippen molar-refractivity contribution in [3.63, 3.8) is 0 Å². The highest BCUT2D eigenvalue weighted by molar-refractivity contribution is 6.42. The molecule has 2 nitrogen and oxygen atoms in total. The van der Waals surface area contributed by atoms with Crippen LogP contribution in [0.5, 0.6) is 0 Å². The Kier molecular flexibility index (Phi) is 4.84. The lowest BCUT2D eigenvalue weighted by molar-refractivity contribution is -0.146. The van der Waals surface area contributed by atoms with E-state index in [1.54, 1.807) is 24.3 Å². The Morgan fingerprint density at radius 1 is 1.50 bits per heavy atom. The summed E-state index contributed by atoms with van der Waals surface area (Å²) in [5.41, 5.74) is 0.810. The Morgan fingerprint density at radius 2 is 2.19 bits per heavy atom. The van der Waals surface area contributed by atoms with Crippen LogP contribution in [0, 0.1) is 0 Å². The van der Waals surface area contributed by atoms with Crippen LogP contribution in [-0.2, 0) is 9.53 Å². The molecule has 0 heterocycles. The van der Waals surface area contributed by atoms with Crippen LogP contribution in [0.15, 0.2) is 30.9 Å². The van der Waals surface area contributed by atoms with Gasteiger partial charge in [0, 0.05) is 13.3 Å². The lowest BCUT2D eigenvalue weighted by Gasteiger charge is -2.16. The van der Waals surface area contributed by atoms with Crippen molar-refractivity contribution in [2.75, 3.05) is 0 Å². The zero-order valence-electron chi connectivity index (χ0n) is 8.87. The summed E-state index contributed by atoms with van der Waals surface area (Å²) in [6, 6.07) is 5.16. The molecule has 0 N–H and O–H groups in total. The molecular weight excluding hydrogens is 247 g/mol. The van der Waals surface area contributed by atoms with E-state index in [1.165, 1.54) is 6.92 Å². The first-order valence-corrected chi connectivity index (χ1v) is 5.53. The zero-order chi connectivity index (χ0) is 12.1. The van der Waals surface area contributed by atoms with Gasteiger partial charge in [-0.25, -0.2) is 0 Å². The maximum absolute atomic E-state index is 10.9. The fraction of sp³-hybridized carbons (Fsp3) is 0.250. The number of esters is 1. The van der Waals surface area contributed by atoms with E-state index in [4.69, 9.17) is 27.9 Å². The largest absolute Gasteiger partial charge is 0.457 e. The third-order valence-corrected chi connectivity index (χ3v) is 2.74. The highest BCUT2D eigenvalue weighted by Crippen LogP contribution is 2.29. The summed E-state index contributed by atoms with van der Waals surface area (Å²) in [4.78, 5) is 10.9.